The van der Waals surface area contributed by atoms with Crippen LogP contribution in [0.4, 0.5) is 0 Å². The van der Waals surface area contributed by atoms with Crippen LogP contribution < -0.4 is 14.8 Å². The third kappa shape index (κ3) is 5.01. The average molecular weight is 355 g/mol. The summed E-state index contributed by atoms with van der Waals surface area (Å²) in [5.41, 5.74) is 3.29. The number of methoxy groups -OCH3 is 1. The van der Waals surface area contributed by atoms with Crippen LogP contribution in [0.2, 0.25) is 0 Å². The lowest BCUT2D eigenvalue weighted by Gasteiger charge is -2.23. The molecule has 1 amide bonds. The third-order valence-electron chi connectivity index (χ3n) is 4.51. The second-order valence-corrected chi connectivity index (χ2v) is 6.53. The number of aryl methyl sites for hydroxylation is 2. The first kappa shape index (κ1) is 19.8. The van der Waals surface area contributed by atoms with Gasteiger partial charge >= 0.3 is 0 Å². The van der Waals surface area contributed by atoms with Crippen LogP contribution in [0, 0.1) is 13.8 Å². The van der Waals surface area contributed by atoms with Gasteiger partial charge in [0.2, 0.25) is 0 Å². The van der Waals surface area contributed by atoms with Crippen LogP contribution in [0.15, 0.2) is 42.5 Å². The van der Waals surface area contributed by atoms with Gasteiger partial charge in [-0.25, -0.2) is 0 Å². The van der Waals surface area contributed by atoms with Crippen molar-refractivity contribution < 1.29 is 14.3 Å². The van der Waals surface area contributed by atoms with E-state index in [1.54, 1.807) is 7.11 Å². The lowest BCUT2D eigenvalue weighted by atomic mass is 10.0. The van der Waals surface area contributed by atoms with Gasteiger partial charge in [0, 0.05) is 0 Å². The minimum Gasteiger partial charge on any atom is -0.496 e. The van der Waals surface area contributed by atoms with Crippen molar-refractivity contribution in [3.8, 4) is 11.5 Å². The van der Waals surface area contributed by atoms with Crippen LogP contribution in [0.5, 0.6) is 11.5 Å². The molecule has 0 fully saturated rings. The largest absolute Gasteiger partial charge is 0.496 e. The molecule has 0 saturated heterocycles. The second kappa shape index (κ2) is 9.27. The Morgan fingerprint density at radius 1 is 1.04 bits per heavy atom. The number of carbonyl (C=O) groups is 1. The number of amides is 1. The molecule has 0 radical (unpaired) electrons. The highest BCUT2D eigenvalue weighted by atomic mass is 16.5. The first-order valence-electron chi connectivity index (χ1n) is 9.16. The van der Waals surface area contributed by atoms with E-state index in [1.165, 1.54) is 0 Å². The first-order valence-corrected chi connectivity index (χ1v) is 9.16. The minimum absolute atomic E-state index is 0.0530. The maximum absolute atomic E-state index is 12.7. The van der Waals surface area contributed by atoms with Gasteiger partial charge in [0.1, 0.15) is 11.5 Å². The van der Waals surface area contributed by atoms with Crippen molar-refractivity contribution in [3.63, 3.8) is 0 Å². The average Bonchev–Trinajstić information content (AvgIpc) is 2.65. The molecule has 2 aromatic rings. The molecule has 4 nitrogen and oxygen atoms in total. The molecule has 0 aliphatic rings. The fourth-order valence-corrected chi connectivity index (χ4v) is 2.91. The van der Waals surface area contributed by atoms with Gasteiger partial charge in [-0.3, -0.25) is 4.79 Å². The normalized spacial score (nSPS) is 13.0. The predicted molar refractivity (Wildman–Crippen MR) is 105 cm³/mol. The van der Waals surface area contributed by atoms with Crippen LogP contribution in [0.25, 0.3) is 0 Å². The summed E-state index contributed by atoms with van der Waals surface area (Å²) in [6, 6.07) is 13.7. The number of benzene rings is 2. The van der Waals surface area contributed by atoms with Gasteiger partial charge in [-0.2, -0.15) is 0 Å². The van der Waals surface area contributed by atoms with Crippen molar-refractivity contribution in [2.24, 2.45) is 0 Å². The highest BCUT2D eigenvalue weighted by Crippen LogP contribution is 2.24. The zero-order valence-electron chi connectivity index (χ0n) is 16.3. The number of hydrogen-bond acceptors (Lipinski definition) is 3. The number of rotatable bonds is 8. The smallest absolute Gasteiger partial charge is 0.261 e. The molecule has 140 valence electrons. The van der Waals surface area contributed by atoms with Gasteiger partial charge in [0.15, 0.2) is 6.10 Å². The van der Waals surface area contributed by atoms with Gasteiger partial charge in [0.25, 0.3) is 5.91 Å². The van der Waals surface area contributed by atoms with Crippen LogP contribution >= 0.6 is 0 Å². The molecule has 2 rings (SSSR count). The summed E-state index contributed by atoms with van der Waals surface area (Å²) in [6.45, 7) is 8.05. The Kier molecular flexibility index (Phi) is 7.07. The molecule has 0 bridgehead atoms. The predicted octanol–water partition coefficient (Wildman–Crippen LogP) is 4.74. The van der Waals surface area contributed by atoms with E-state index < -0.39 is 6.10 Å². The summed E-state index contributed by atoms with van der Waals surface area (Å²) in [5, 5.41) is 3.13. The molecule has 2 aromatic carbocycles. The molecule has 1 N–H and O–H groups in total. The summed E-state index contributed by atoms with van der Waals surface area (Å²) in [5.74, 6) is 1.48. The van der Waals surface area contributed by atoms with Crippen LogP contribution in [0.3, 0.4) is 0 Å². The Balaban J connectivity index is 2.08. The quantitative estimate of drug-likeness (QED) is 0.744. The van der Waals surface area contributed by atoms with E-state index in [4.69, 9.17) is 9.47 Å². The summed E-state index contributed by atoms with van der Waals surface area (Å²) in [6.07, 6.45) is 0.905. The van der Waals surface area contributed by atoms with Crippen LogP contribution in [-0.4, -0.2) is 19.1 Å². The number of ether oxygens (including phenoxy) is 2. The molecule has 26 heavy (non-hydrogen) atoms. The molecule has 0 spiro atoms. The van der Waals surface area contributed by atoms with Crippen molar-refractivity contribution in [2.45, 2.75) is 52.7 Å². The Morgan fingerprint density at radius 3 is 2.27 bits per heavy atom. The zero-order valence-corrected chi connectivity index (χ0v) is 16.3. The Labute approximate surface area is 156 Å². The minimum atomic E-state index is -0.508. The number of carbonyl (C=O) groups excluding carboxylic acids is 1. The highest BCUT2D eigenvalue weighted by molar-refractivity contribution is 5.81. The Morgan fingerprint density at radius 2 is 1.73 bits per heavy atom. The third-order valence-corrected chi connectivity index (χ3v) is 4.51. The van der Waals surface area contributed by atoms with E-state index in [0.29, 0.717) is 12.2 Å². The SMILES string of the molecule is CCC(Oc1ccc(C)cc1)C(=O)NC(CC)c1ccc(OC)c(C)c1. The van der Waals surface area contributed by atoms with Gasteiger partial charge in [-0.1, -0.05) is 43.7 Å². The summed E-state index contributed by atoms with van der Waals surface area (Å²) in [7, 11) is 1.66. The van der Waals surface area contributed by atoms with E-state index in [1.807, 2.05) is 57.2 Å². The summed E-state index contributed by atoms with van der Waals surface area (Å²) >= 11 is 0. The fourth-order valence-electron chi connectivity index (χ4n) is 2.91. The van der Waals surface area contributed by atoms with Gasteiger partial charge < -0.3 is 14.8 Å². The fraction of sp³-hybridized carbons (Fsp3) is 0.409. The van der Waals surface area contributed by atoms with Crippen molar-refractivity contribution >= 4 is 5.91 Å². The molecular formula is C22H29NO3. The maximum atomic E-state index is 12.7. The Hall–Kier alpha value is -2.49. The summed E-state index contributed by atoms with van der Waals surface area (Å²) in [4.78, 5) is 12.7. The Bertz CT molecular complexity index is 725. The standard InChI is InChI=1S/C22H29NO3/c1-6-19(17-10-13-21(25-5)16(4)14-17)23-22(24)20(7-2)26-18-11-8-15(3)9-12-18/h8-14,19-20H,6-7H2,1-5H3,(H,23,24). The molecule has 0 aliphatic heterocycles. The second-order valence-electron chi connectivity index (χ2n) is 6.53. The number of hydrogen-bond donors (Lipinski definition) is 1. The lowest BCUT2D eigenvalue weighted by molar-refractivity contribution is -0.128. The highest BCUT2D eigenvalue weighted by Gasteiger charge is 2.22. The maximum Gasteiger partial charge on any atom is 0.261 e. The molecule has 0 saturated carbocycles. The molecule has 0 aliphatic carbocycles. The van der Waals surface area contributed by atoms with Crippen molar-refractivity contribution in [1.29, 1.82) is 0 Å². The van der Waals surface area contributed by atoms with Crippen molar-refractivity contribution in [2.75, 3.05) is 7.11 Å². The van der Waals surface area contributed by atoms with E-state index >= 15 is 0 Å². The molecule has 0 heterocycles. The van der Waals surface area contributed by atoms with Gasteiger partial charge in [-0.05, 0) is 56.0 Å². The van der Waals surface area contributed by atoms with Crippen LogP contribution in [0.1, 0.15) is 49.4 Å². The molecule has 2 atom stereocenters. The first-order chi connectivity index (χ1) is 12.5. The van der Waals surface area contributed by atoms with Crippen molar-refractivity contribution in [1.82, 2.24) is 5.32 Å². The lowest BCUT2D eigenvalue weighted by Crippen LogP contribution is -2.40. The monoisotopic (exact) mass is 355 g/mol. The van der Waals surface area contributed by atoms with Crippen LogP contribution in [-0.2, 0) is 4.79 Å². The molecular weight excluding hydrogens is 326 g/mol. The molecule has 4 heteroatoms. The van der Waals surface area contributed by atoms with Crippen molar-refractivity contribution in [3.05, 3.63) is 59.2 Å². The molecule has 0 aromatic heterocycles. The van der Waals surface area contributed by atoms with E-state index in [9.17, 15) is 4.79 Å². The van der Waals surface area contributed by atoms with Gasteiger partial charge in [-0.15, -0.1) is 0 Å². The summed E-state index contributed by atoms with van der Waals surface area (Å²) < 4.78 is 11.2. The van der Waals surface area contributed by atoms with E-state index in [2.05, 4.69) is 18.3 Å². The van der Waals surface area contributed by atoms with Gasteiger partial charge in [0.05, 0.1) is 13.2 Å². The van der Waals surface area contributed by atoms with E-state index in [0.717, 1.165) is 28.9 Å². The molecule has 2 unspecified atom stereocenters. The zero-order chi connectivity index (χ0) is 19.1. The topological polar surface area (TPSA) is 47.6 Å². The number of nitrogens with one attached hydrogen (secondary N) is 1. The van der Waals surface area contributed by atoms with E-state index in [-0.39, 0.29) is 11.9 Å².